The Morgan fingerprint density at radius 2 is 2.06 bits per heavy atom. The first kappa shape index (κ1) is 14.4. The van der Waals surface area contributed by atoms with E-state index in [1.54, 1.807) is 13.1 Å². The van der Waals surface area contributed by atoms with E-state index >= 15 is 0 Å². The van der Waals surface area contributed by atoms with Crippen LogP contribution >= 0.6 is 0 Å². The van der Waals surface area contributed by atoms with Gasteiger partial charge in [0.15, 0.2) is 0 Å². The Balaban J connectivity index is 2.77. The first-order valence-corrected chi connectivity index (χ1v) is 6.03. The SMILES string of the molecule is CNCCC(=O)Nc1ccc(F)cc1NC(C)C. The summed E-state index contributed by atoms with van der Waals surface area (Å²) < 4.78 is 13.2. The number of carbonyl (C=O) groups is 1. The number of rotatable bonds is 6. The third kappa shape index (κ3) is 4.71. The second kappa shape index (κ2) is 6.96. The molecule has 0 aliphatic carbocycles. The van der Waals surface area contributed by atoms with E-state index in [2.05, 4.69) is 16.0 Å². The van der Waals surface area contributed by atoms with Crippen LogP contribution in [0.1, 0.15) is 20.3 Å². The molecule has 0 spiro atoms. The van der Waals surface area contributed by atoms with E-state index < -0.39 is 0 Å². The van der Waals surface area contributed by atoms with Gasteiger partial charge in [-0.25, -0.2) is 4.39 Å². The fourth-order valence-corrected chi connectivity index (χ4v) is 1.51. The highest BCUT2D eigenvalue weighted by molar-refractivity contribution is 5.94. The minimum absolute atomic E-state index is 0.0947. The highest BCUT2D eigenvalue weighted by Gasteiger charge is 2.08. The van der Waals surface area contributed by atoms with Gasteiger partial charge in [0.1, 0.15) is 5.82 Å². The summed E-state index contributed by atoms with van der Waals surface area (Å²) in [5.74, 6) is -0.422. The first-order valence-electron chi connectivity index (χ1n) is 6.03. The molecule has 18 heavy (non-hydrogen) atoms. The van der Waals surface area contributed by atoms with Crippen molar-refractivity contribution >= 4 is 17.3 Å². The van der Waals surface area contributed by atoms with Crippen LogP contribution in [0.3, 0.4) is 0 Å². The van der Waals surface area contributed by atoms with Crippen LogP contribution < -0.4 is 16.0 Å². The van der Waals surface area contributed by atoms with Crippen LogP contribution in [0, 0.1) is 5.82 Å². The average molecular weight is 253 g/mol. The van der Waals surface area contributed by atoms with Gasteiger partial charge in [-0.15, -0.1) is 0 Å². The molecule has 0 aliphatic heterocycles. The van der Waals surface area contributed by atoms with Crippen molar-refractivity contribution in [1.29, 1.82) is 0 Å². The van der Waals surface area contributed by atoms with Gasteiger partial charge in [0.2, 0.25) is 5.91 Å². The predicted molar refractivity (Wildman–Crippen MR) is 72.3 cm³/mol. The molecule has 0 aromatic heterocycles. The Kier molecular flexibility index (Phi) is 5.58. The second-order valence-electron chi connectivity index (χ2n) is 4.39. The zero-order valence-corrected chi connectivity index (χ0v) is 11.0. The third-order valence-corrected chi connectivity index (χ3v) is 2.30. The number of hydrogen-bond donors (Lipinski definition) is 3. The van der Waals surface area contributed by atoms with E-state index in [4.69, 9.17) is 0 Å². The van der Waals surface area contributed by atoms with E-state index in [0.717, 1.165) is 0 Å². The molecule has 0 saturated carbocycles. The van der Waals surface area contributed by atoms with Gasteiger partial charge in [-0.2, -0.15) is 0 Å². The average Bonchev–Trinajstić information content (AvgIpc) is 2.29. The minimum atomic E-state index is -0.327. The summed E-state index contributed by atoms with van der Waals surface area (Å²) in [7, 11) is 1.79. The van der Waals surface area contributed by atoms with Crippen LogP contribution in [0.2, 0.25) is 0 Å². The van der Waals surface area contributed by atoms with Gasteiger partial charge < -0.3 is 16.0 Å². The molecule has 0 unspecified atom stereocenters. The molecule has 0 atom stereocenters. The van der Waals surface area contributed by atoms with Gasteiger partial charge >= 0.3 is 0 Å². The summed E-state index contributed by atoms with van der Waals surface area (Å²) in [5, 5.41) is 8.78. The van der Waals surface area contributed by atoms with Crippen LogP contribution in [0.15, 0.2) is 18.2 Å². The summed E-state index contributed by atoms with van der Waals surface area (Å²) >= 11 is 0. The van der Waals surface area contributed by atoms with Gasteiger partial charge in [0.05, 0.1) is 11.4 Å². The van der Waals surface area contributed by atoms with Crippen LogP contribution in [-0.4, -0.2) is 25.5 Å². The quantitative estimate of drug-likeness (QED) is 0.728. The highest BCUT2D eigenvalue weighted by Crippen LogP contribution is 2.23. The van der Waals surface area contributed by atoms with Crippen molar-refractivity contribution in [2.75, 3.05) is 24.2 Å². The van der Waals surface area contributed by atoms with Crippen LogP contribution in [0.4, 0.5) is 15.8 Å². The van der Waals surface area contributed by atoms with Gasteiger partial charge in [-0.1, -0.05) is 0 Å². The number of hydrogen-bond acceptors (Lipinski definition) is 3. The molecule has 0 bridgehead atoms. The molecule has 5 heteroatoms. The molecule has 1 aromatic rings. The topological polar surface area (TPSA) is 53.2 Å². The first-order chi connectivity index (χ1) is 8.52. The molecule has 1 amide bonds. The van der Waals surface area contributed by atoms with Gasteiger partial charge in [-0.05, 0) is 39.1 Å². The summed E-state index contributed by atoms with van der Waals surface area (Å²) in [6.07, 6.45) is 0.384. The fourth-order valence-electron chi connectivity index (χ4n) is 1.51. The lowest BCUT2D eigenvalue weighted by atomic mass is 10.2. The smallest absolute Gasteiger partial charge is 0.225 e. The number of halogens is 1. The number of anilines is 2. The molecule has 0 aliphatic rings. The lowest BCUT2D eigenvalue weighted by Crippen LogP contribution is -2.20. The molecule has 4 nitrogen and oxygen atoms in total. The van der Waals surface area contributed by atoms with Gasteiger partial charge in [-0.3, -0.25) is 4.79 Å². The van der Waals surface area contributed by atoms with E-state index in [1.165, 1.54) is 12.1 Å². The van der Waals surface area contributed by atoms with Crippen LogP contribution in [0.25, 0.3) is 0 Å². The Labute approximate surface area is 107 Å². The third-order valence-electron chi connectivity index (χ3n) is 2.30. The summed E-state index contributed by atoms with van der Waals surface area (Å²) in [5.41, 5.74) is 1.20. The summed E-state index contributed by atoms with van der Waals surface area (Å²) in [6.45, 7) is 4.52. The Bertz CT molecular complexity index is 407. The molecule has 1 aromatic carbocycles. The molecular formula is C13H20FN3O. The maximum absolute atomic E-state index is 13.2. The molecule has 100 valence electrons. The molecule has 3 N–H and O–H groups in total. The molecule has 0 heterocycles. The molecule has 1 rings (SSSR count). The zero-order chi connectivity index (χ0) is 13.5. The second-order valence-corrected chi connectivity index (χ2v) is 4.39. The fraction of sp³-hybridized carbons (Fsp3) is 0.462. The lowest BCUT2D eigenvalue weighted by Gasteiger charge is -2.15. The summed E-state index contributed by atoms with van der Waals surface area (Å²) in [6, 6.07) is 4.45. The minimum Gasteiger partial charge on any atom is -0.381 e. The number of nitrogens with one attached hydrogen (secondary N) is 3. The van der Waals surface area contributed by atoms with Crippen molar-refractivity contribution in [2.24, 2.45) is 0 Å². The standard InChI is InChI=1S/C13H20FN3O/c1-9(2)16-12-8-10(14)4-5-11(12)17-13(18)6-7-15-3/h4-5,8-9,15-16H,6-7H2,1-3H3,(H,17,18). The zero-order valence-electron chi connectivity index (χ0n) is 11.0. The molecule has 0 fully saturated rings. The number of amides is 1. The molecular weight excluding hydrogens is 233 g/mol. The van der Waals surface area contributed by atoms with Crippen molar-refractivity contribution in [3.8, 4) is 0 Å². The van der Waals surface area contributed by atoms with E-state index in [9.17, 15) is 9.18 Å². The number of carbonyl (C=O) groups excluding carboxylic acids is 1. The van der Waals surface area contributed by atoms with Gasteiger partial charge in [0, 0.05) is 19.0 Å². The summed E-state index contributed by atoms with van der Waals surface area (Å²) in [4.78, 5) is 11.6. The highest BCUT2D eigenvalue weighted by atomic mass is 19.1. The molecule has 0 saturated heterocycles. The van der Waals surface area contributed by atoms with Crippen molar-refractivity contribution < 1.29 is 9.18 Å². The maximum atomic E-state index is 13.2. The van der Waals surface area contributed by atoms with Crippen molar-refractivity contribution in [1.82, 2.24) is 5.32 Å². The van der Waals surface area contributed by atoms with Gasteiger partial charge in [0.25, 0.3) is 0 Å². The van der Waals surface area contributed by atoms with E-state index in [-0.39, 0.29) is 17.8 Å². The van der Waals surface area contributed by atoms with E-state index in [0.29, 0.717) is 24.3 Å². The normalized spacial score (nSPS) is 10.5. The van der Waals surface area contributed by atoms with E-state index in [1.807, 2.05) is 13.8 Å². The number of benzene rings is 1. The predicted octanol–water partition coefficient (Wildman–Crippen LogP) is 2.19. The van der Waals surface area contributed by atoms with Crippen molar-refractivity contribution in [3.63, 3.8) is 0 Å². The van der Waals surface area contributed by atoms with Crippen molar-refractivity contribution in [3.05, 3.63) is 24.0 Å². The Morgan fingerprint density at radius 1 is 1.33 bits per heavy atom. The van der Waals surface area contributed by atoms with Crippen molar-refractivity contribution in [2.45, 2.75) is 26.3 Å². The Morgan fingerprint density at radius 3 is 2.67 bits per heavy atom. The largest absolute Gasteiger partial charge is 0.381 e. The van der Waals surface area contributed by atoms with Crippen LogP contribution in [-0.2, 0) is 4.79 Å². The monoisotopic (exact) mass is 253 g/mol. The lowest BCUT2D eigenvalue weighted by molar-refractivity contribution is -0.116. The Hall–Kier alpha value is -1.62. The molecule has 0 radical (unpaired) electrons. The maximum Gasteiger partial charge on any atom is 0.225 e. The van der Waals surface area contributed by atoms with Crippen LogP contribution in [0.5, 0.6) is 0 Å².